The molecule has 5 heteroatoms. The van der Waals surface area contributed by atoms with Gasteiger partial charge in [0.25, 0.3) is 0 Å². The maximum atomic E-state index is 5.51. The number of rotatable bonds is 5. The summed E-state index contributed by atoms with van der Waals surface area (Å²) in [5.41, 5.74) is 2.20. The summed E-state index contributed by atoms with van der Waals surface area (Å²) < 4.78 is 12.8. The van der Waals surface area contributed by atoms with E-state index in [4.69, 9.17) is 9.47 Å². The van der Waals surface area contributed by atoms with Crippen molar-refractivity contribution in [1.82, 2.24) is 5.32 Å². The van der Waals surface area contributed by atoms with Crippen LogP contribution in [0.3, 0.4) is 0 Å². The van der Waals surface area contributed by atoms with Crippen LogP contribution in [0.5, 0.6) is 11.5 Å². The minimum absolute atomic E-state index is 0.0275. The molecule has 0 heterocycles. The molecule has 0 aliphatic heterocycles. The summed E-state index contributed by atoms with van der Waals surface area (Å²) in [5.74, 6) is 1.57. The number of methoxy groups -OCH3 is 2. The third kappa shape index (κ3) is 3.78. The lowest BCUT2D eigenvalue weighted by Gasteiger charge is -2.21. The normalized spacial score (nSPS) is 12.0. The number of hydrogen-bond donors (Lipinski definition) is 1. The molecule has 2 aromatic carbocycles. The molecule has 2 rings (SSSR count). The lowest BCUT2D eigenvalue weighted by Crippen LogP contribution is -2.18. The van der Waals surface area contributed by atoms with Gasteiger partial charge in [-0.1, -0.05) is 31.9 Å². The summed E-state index contributed by atoms with van der Waals surface area (Å²) in [6.45, 7) is 0. The van der Waals surface area contributed by atoms with Crippen molar-refractivity contribution in [3.63, 3.8) is 0 Å². The molecule has 0 amide bonds. The highest BCUT2D eigenvalue weighted by atomic mass is 79.9. The lowest BCUT2D eigenvalue weighted by atomic mass is 9.98. The van der Waals surface area contributed by atoms with Crippen LogP contribution < -0.4 is 14.8 Å². The van der Waals surface area contributed by atoms with Crippen molar-refractivity contribution in [3.8, 4) is 11.5 Å². The van der Waals surface area contributed by atoms with E-state index >= 15 is 0 Å². The summed E-state index contributed by atoms with van der Waals surface area (Å²) in [6.07, 6.45) is 0. The van der Waals surface area contributed by atoms with Crippen molar-refractivity contribution in [2.75, 3.05) is 21.3 Å². The van der Waals surface area contributed by atoms with Crippen molar-refractivity contribution in [3.05, 3.63) is 56.5 Å². The Morgan fingerprint density at radius 2 is 1.62 bits per heavy atom. The van der Waals surface area contributed by atoms with Gasteiger partial charge in [0.05, 0.1) is 20.3 Å². The average Bonchev–Trinajstić information content (AvgIpc) is 2.47. The van der Waals surface area contributed by atoms with Crippen LogP contribution in [-0.4, -0.2) is 21.3 Å². The van der Waals surface area contributed by atoms with Gasteiger partial charge in [-0.3, -0.25) is 0 Å². The molecule has 0 spiro atoms. The molecule has 1 unspecified atom stereocenters. The minimum Gasteiger partial charge on any atom is -0.497 e. The van der Waals surface area contributed by atoms with Gasteiger partial charge < -0.3 is 14.8 Å². The van der Waals surface area contributed by atoms with E-state index in [1.54, 1.807) is 14.2 Å². The Kier molecular flexibility index (Phi) is 5.67. The zero-order chi connectivity index (χ0) is 15.4. The Balaban J connectivity index is 2.50. The van der Waals surface area contributed by atoms with E-state index in [1.807, 2.05) is 31.3 Å². The number of benzene rings is 2. The van der Waals surface area contributed by atoms with Crippen LogP contribution in [0.4, 0.5) is 0 Å². The van der Waals surface area contributed by atoms with Gasteiger partial charge >= 0.3 is 0 Å². The smallest absolute Gasteiger partial charge is 0.127 e. The van der Waals surface area contributed by atoms with E-state index in [1.165, 1.54) is 0 Å². The monoisotopic (exact) mass is 413 g/mol. The maximum absolute atomic E-state index is 5.51. The number of ether oxygens (including phenoxy) is 2. The van der Waals surface area contributed by atoms with Gasteiger partial charge in [0, 0.05) is 20.6 Å². The fraction of sp³-hybridized carbons (Fsp3) is 0.250. The Morgan fingerprint density at radius 3 is 2.14 bits per heavy atom. The zero-order valence-corrected chi connectivity index (χ0v) is 15.3. The van der Waals surface area contributed by atoms with Crippen LogP contribution in [0.1, 0.15) is 17.2 Å². The van der Waals surface area contributed by atoms with Gasteiger partial charge in [0.15, 0.2) is 0 Å². The van der Waals surface area contributed by atoms with Gasteiger partial charge in [-0.05, 0) is 42.9 Å². The molecule has 1 atom stereocenters. The number of nitrogens with one attached hydrogen (secondary N) is 1. The molecule has 0 saturated heterocycles. The summed E-state index contributed by atoms with van der Waals surface area (Å²) in [6, 6.07) is 12.1. The van der Waals surface area contributed by atoms with Crippen LogP contribution in [-0.2, 0) is 0 Å². The lowest BCUT2D eigenvalue weighted by molar-refractivity contribution is 0.388. The summed E-state index contributed by atoms with van der Waals surface area (Å²) in [7, 11) is 5.25. The van der Waals surface area contributed by atoms with Gasteiger partial charge in [-0.25, -0.2) is 0 Å². The predicted molar refractivity (Wildman–Crippen MR) is 92.3 cm³/mol. The molecule has 112 valence electrons. The highest BCUT2D eigenvalue weighted by molar-refractivity contribution is 9.11. The van der Waals surface area contributed by atoms with E-state index in [9.17, 15) is 0 Å². The Hall–Kier alpha value is -1.04. The van der Waals surface area contributed by atoms with Crippen LogP contribution in [0.2, 0.25) is 0 Å². The molecular formula is C16H17Br2NO2. The van der Waals surface area contributed by atoms with Crippen LogP contribution >= 0.6 is 31.9 Å². The predicted octanol–water partition coefficient (Wildman–Crippen LogP) is 4.54. The first-order valence-electron chi connectivity index (χ1n) is 6.44. The molecule has 3 nitrogen and oxygen atoms in total. The third-order valence-corrected chi connectivity index (χ3v) is 4.17. The fourth-order valence-corrected chi connectivity index (χ4v) is 3.63. The average molecular weight is 415 g/mol. The summed E-state index contributed by atoms with van der Waals surface area (Å²) in [4.78, 5) is 0. The van der Waals surface area contributed by atoms with Crippen molar-refractivity contribution in [1.29, 1.82) is 0 Å². The largest absolute Gasteiger partial charge is 0.497 e. The second-order valence-electron chi connectivity index (χ2n) is 4.53. The first kappa shape index (κ1) is 16.3. The van der Waals surface area contributed by atoms with Gasteiger partial charge in [0.2, 0.25) is 0 Å². The fourth-order valence-electron chi connectivity index (χ4n) is 2.30. The van der Waals surface area contributed by atoms with E-state index in [0.29, 0.717) is 0 Å². The standard InChI is InChI=1S/C16H17Br2NO2/c1-19-16(10-6-11(17)8-12(18)7-10)14-5-4-13(20-2)9-15(14)21-3/h4-9,16,19H,1-3H3. The SMILES string of the molecule is CNC(c1cc(Br)cc(Br)c1)c1ccc(OC)cc1OC. The Morgan fingerprint density at radius 1 is 0.952 bits per heavy atom. The van der Waals surface area contributed by atoms with Crippen LogP contribution in [0, 0.1) is 0 Å². The molecule has 0 aliphatic rings. The molecule has 0 fully saturated rings. The topological polar surface area (TPSA) is 30.5 Å². The molecule has 21 heavy (non-hydrogen) atoms. The molecule has 0 saturated carbocycles. The van der Waals surface area contributed by atoms with Crippen molar-refractivity contribution in [2.24, 2.45) is 0 Å². The molecule has 1 N–H and O–H groups in total. The minimum atomic E-state index is 0.0275. The van der Waals surface area contributed by atoms with Crippen molar-refractivity contribution in [2.45, 2.75) is 6.04 Å². The summed E-state index contributed by atoms with van der Waals surface area (Å²) >= 11 is 7.06. The molecule has 2 aromatic rings. The number of halogens is 2. The third-order valence-electron chi connectivity index (χ3n) is 3.26. The first-order valence-corrected chi connectivity index (χ1v) is 8.02. The van der Waals surface area contributed by atoms with E-state index < -0.39 is 0 Å². The first-order chi connectivity index (χ1) is 10.1. The van der Waals surface area contributed by atoms with Gasteiger partial charge in [-0.2, -0.15) is 0 Å². The molecule has 0 aliphatic carbocycles. The van der Waals surface area contributed by atoms with Gasteiger partial charge in [-0.15, -0.1) is 0 Å². The highest BCUT2D eigenvalue weighted by Crippen LogP contribution is 2.34. The van der Waals surface area contributed by atoms with Crippen molar-refractivity contribution < 1.29 is 9.47 Å². The van der Waals surface area contributed by atoms with Gasteiger partial charge in [0.1, 0.15) is 11.5 Å². The number of hydrogen-bond acceptors (Lipinski definition) is 3. The summed E-state index contributed by atoms with van der Waals surface area (Å²) in [5, 5.41) is 3.34. The second kappa shape index (κ2) is 7.29. The van der Waals surface area contributed by atoms with Crippen molar-refractivity contribution >= 4 is 31.9 Å². The van der Waals surface area contributed by atoms with Crippen LogP contribution in [0.15, 0.2) is 45.3 Å². The van der Waals surface area contributed by atoms with E-state index in [-0.39, 0.29) is 6.04 Å². The molecule has 0 aromatic heterocycles. The highest BCUT2D eigenvalue weighted by Gasteiger charge is 2.18. The maximum Gasteiger partial charge on any atom is 0.127 e. The molecule has 0 bridgehead atoms. The van der Waals surface area contributed by atoms with E-state index in [2.05, 4.69) is 49.3 Å². The Labute approximate surface area is 141 Å². The molecule has 0 radical (unpaired) electrons. The van der Waals surface area contributed by atoms with E-state index in [0.717, 1.165) is 31.6 Å². The second-order valence-corrected chi connectivity index (χ2v) is 6.36. The zero-order valence-electron chi connectivity index (χ0n) is 12.1. The quantitative estimate of drug-likeness (QED) is 0.779. The Bertz CT molecular complexity index is 611. The van der Waals surface area contributed by atoms with Crippen LogP contribution in [0.25, 0.3) is 0 Å². The molecular weight excluding hydrogens is 398 g/mol.